The van der Waals surface area contributed by atoms with Crippen LogP contribution in [0.15, 0.2) is 0 Å². The molecule has 0 spiro atoms. The smallest absolute Gasteiger partial charge is 0.258 e. The molecule has 1 unspecified atom stereocenters. The lowest BCUT2D eigenvalue weighted by molar-refractivity contribution is -0.315. The molecule has 0 aliphatic carbocycles. The lowest BCUT2D eigenvalue weighted by Crippen LogP contribution is -2.70. The first-order valence-corrected chi connectivity index (χ1v) is 10.3. The minimum absolute atomic E-state index is 0. The highest BCUT2D eigenvalue weighted by atomic mass is 35.6. The number of alkyl halides is 15. The third-order valence-corrected chi connectivity index (χ3v) is 11.8. The normalized spacial score (nSPS) is 17.3. The van der Waals surface area contributed by atoms with Crippen LogP contribution in [0.2, 0.25) is 0 Å². The number of hydrogen-bond acceptors (Lipinski definition) is 2. The fourth-order valence-electron chi connectivity index (χ4n) is 1.09. The summed E-state index contributed by atoms with van der Waals surface area (Å²) in [4.78, 5) is 10.9. The first kappa shape index (κ1) is 31.6. The van der Waals surface area contributed by atoms with E-state index in [2.05, 4.69) is 0 Å². The standard InChI is InChI=1S/C8HCl14FO2.H3N/c9-2(23,1(24)25)3(10,11)4(12,13)5(14,15)6(16,17)7(18,19)8(20,21)22;/h(H,24,25);1H3. The zero-order valence-corrected chi connectivity index (χ0v) is 22.1. The highest BCUT2D eigenvalue weighted by Gasteiger charge is 2.79. The number of quaternary nitrogens is 1. The molecule has 0 bridgehead atoms. The van der Waals surface area contributed by atoms with Crippen molar-refractivity contribution >= 4 is 168 Å². The molecule has 0 fully saturated rings. The average Bonchev–Trinajstić information content (AvgIpc) is 2.35. The Morgan fingerprint density at radius 1 is 0.577 bits per heavy atom. The van der Waals surface area contributed by atoms with Gasteiger partial charge in [0.15, 0.2) is 13.0 Å². The van der Waals surface area contributed by atoms with Crippen molar-refractivity contribution in [1.29, 1.82) is 0 Å². The minimum atomic E-state index is -4.17. The quantitative estimate of drug-likeness (QED) is 0.305. The van der Waals surface area contributed by atoms with E-state index in [0.717, 1.165) is 0 Å². The molecular formula is C8H4Cl14FNO2. The van der Waals surface area contributed by atoms with Crippen molar-refractivity contribution in [3.8, 4) is 0 Å². The average molecular weight is 661 g/mol. The van der Waals surface area contributed by atoms with Crippen LogP contribution in [-0.4, -0.2) is 36.6 Å². The Kier molecular flexibility index (Phi) is 11.1. The van der Waals surface area contributed by atoms with Crippen LogP contribution in [0.3, 0.4) is 0 Å². The molecular weight excluding hydrogens is 657 g/mol. The van der Waals surface area contributed by atoms with Crippen molar-refractivity contribution in [3.05, 3.63) is 0 Å². The third kappa shape index (κ3) is 4.76. The number of rotatable bonds is 6. The second kappa shape index (κ2) is 9.11. The molecule has 0 amide bonds. The minimum Gasteiger partial charge on any atom is -0.545 e. The topological polar surface area (TPSA) is 76.6 Å². The van der Waals surface area contributed by atoms with E-state index in [1.165, 1.54) is 0 Å². The number of hydrogen-bond donors (Lipinski definition) is 1. The molecule has 18 heteroatoms. The Morgan fingerprint density at radius 2 is 0.808 bits per heavy atom. The van der Waals surface area contributed by atoms with Crippen LogP contribution in [0.1, 0.15) is 0 Å². The summed E-state index contributed by atoms with van der Waals surface area (Å²) < 4.78 is -4.59. The maximum Gasteiger partial charge on any atom is 0.258 e. The van der Waals surface area contributed by atoms with Gasteiger partial charge in [-0.25, -0.2) is 4.39 Å². The molecule has 0 saturated carbocycles. The first-order valence-electron chi connectivity index (χ1n) is 4.99. The van der Waals surface area contributed by atoms with Gasteiger partial charge >= 0.3 is 0 Å². The Balaban J connectivity index is 0. The van der Waals surface area contributed by atoms with Gasteiger partial charge in [-0.3, -0.25) is 0 Å². The van der Waals surface area contributed by atoms with E-state index in [9.17, 15) is 14.3 Å². The summed E-state index contributed by atoms with van der Waals surface area (Å²) in [6.45, 7) is 0. The van der Waals surface area contributed by atoms with Crippen molar-refractivity contribution in [2.24, 2.45) is 0 Å². The number of carboxylic acid groups (broad SMARTS) is 1. The van der Waals surface area contributed by atoms with Crippen molar-refractivity contribution in [2.45, 2.75) is 30.6 Å². The third-order valence-electron chi connectivity index (χ3n) is 2.58. The monoisotopic (exact) mass is 655 g/mol. The summed E-state index contributed by atoms with van der Waals surface area (Å²) in [5.74, 6) is -2.66. The van der Waals surface area contributed by atoms with Gasteiger partial charge in [-0.05, 0) is 0 Å². The molecule has 0 saturated heterocycles. The molecule has 26 heavy (non-hydrogen) atoms. The summed E-state index contributed by atoms with van der Waals surface area (Å²) in [6, 6.07) is 0. The molecule has 0 aromatic carbocycles. The zero-order chi connectivity index (χ0) is 21.1. The van der Waals surface area contributed by atoms with Crippen molar-refractivity contribution in [1.82, 2.24) is 6.15 Å². The number of aliphatic carboxylic acids is 1. The van der Waals surface area contributed by atoms with Crippen LogP contribution in [0.5, 0.6) is 0 Å². The maximum absolute atomic E-state index is 14.3. The van der Waals surface area contributed by atoms with Gasteiger partial charge in [-0.1, -0.05) is 162 Å². The van der Waals surface area contributed by atoms with Crippen LogP contribution in [0.25, 0.3) is 0 Å². The lowest BCUT2D eigenvalue weighted by Gasteiger charge is -2.52. The van der Waals surface area contributed by atoms with Gasteiger partial charge < -0.3 is 16.1 Å². The molecule has 0 radical (unpaired) electrons. The van der Waals surface area contributed by atoms with Crippen LogP contribution >= 0.6 is 162 Å². The van der Waals surface area contributed by atoms with Crippen LogP contribution in [0, 0.1) is 0 Å². The lowest BCUT2D eigenvalue weighted by atomic mass is 10.0. The first-order chi connectivity index (χ1) is 10.4. The molecule has 0 aromatic rings. The van der Waals surface area contributed by atoms with E-state index < -0.39 is 36.6 Å². The highest BCUT2D eigenvalue weighted by molar-refractivity contribution is 6.82. The van der Waals surface area contributed by atoms with Gasteiger partial charge in [0.1, 0.15) is 0 Å². The van der Waals surface area contributed by atoms with Crippen molar-refractivity contribution in [2.75, 3.05) is 0 Å². The molecule has 0 aliphatic rings. The van der Waals surface area contributed by atoms with Crippen LogP contribution in [0.4, 0.5) is 4.39 Å². The van der Waals surface area contributed by atoms with Crippen molar-refractivity contribution in [3.63, 3.8) is 0 Å². The predicted molar refractivity (Wildman–Crippen MR) is 113 cm³/mol. The Morgan fingerprint density at radius 3 is 1.04 bits per heavy atom. The fraction of sp³-hybridized carbons (Fsp3) is 0.875. The number of carbonyl (C=O) groups excluding carboxylic acids is 1. The van der Waals surface area contributed by atoms with E-state index in [1.807, 2.05) is 0 Å². The number of halogens is 15. The summed E-state index contributed by atoms with van der Waals surface area (Å²) in [7, 11) is 0. The largest absolute Gasteiger partial charge is 0.545 e. The van der Waals surface area contributed by atoms with Gasteiger partial charge in [-0.15, -0.1) is 0 Å². The SMILES string of the molecule is O=C([O-])C(F)(Cl)C(Cl)(Cl)C(Cl)(Cl)C(Cl)(Cl)C(Cl)(Cl)C(Cl)(Cl)C(Cl)(Cl)Cl.[NH4+]. The molecule has 4 N–H and O–H groups in total. The maximum atomic E-state index is 14.3. The molecule has 0 heterocycles. The zero-order valence-electron chi connectivity index (χ0n) is 11.5. The molecule has 1 atom stereocenters. The molecule has 3 nitrogen and oxygen atoms in total. The molecule has 0 aromatic heterocycles. The van der Waals surface area contributed by atoms with Gasteiger partial charge in [-0.2, -0.15) is 0 Å². The van der Waals surface area contributed by atoms with E-state index in [4.69, 9.17) is 162 Å². The van der Waals surface area contributed by atoms with Gasteiger partial charge in [0.25, 0.3) is 5.13 Å². The molecule has 158 valence electrons. The van der Waals surface area contributed by atoms with Crippen LogP contribution in [-0.2, 0) is 4.79 Å². The summed E-state index contributed by atoms with van der Waals surface area (Å²) in [5.41, 5.74) is 0. The number of carbonyl (C=O) groups is 1. The van der Waals surface area contributed by atoms with E-state index in [0.29, 0.717) is 0 Å². The van der Waals surface area contributed by atoms with E-state index in [-0.39, 0.29) is 6.15 Å². The summed E-state index contributed by atoms with van der Waals surface area (Å²) >= 11 is 79.6. The second-order valence-corrected chi connectivity index (χ2v) is 13.7. The van der Waals surface area contributed by atoms with Gasteiger partial charge in [0.05, 0.1) is 5.97 Å². The molecule has 0 aliphatic heterocycles. The Labute approximate surface area is 217 Å². The summed E-state index contributed by atoms with van der Waals surface area (Å²) in [5, 5.41) is 6.71. The Hall–Kier alpha value is 3.42. The fourth-order valence-corrected chi connectivity index (χ4v) is 5.03. The highest BCUT2D eigenvalue weighted by Crippen LogP contribution is 2.70. The van der Waals surface area contributed by atoms with Crippen LogP contribution < -0.4 is 11.3 Å². The van der Waals surface area contributed by atoms with Gasteiger partial charge in [0, 0.05) is 0 Å². The van der Waals surface area contributed by atoms with E-state index in [1.54, 1.807) is 0 Å². The Bertz CT molecular complexity index is 542. The molecule has 0 rings (SSSR count). The predicted octanol–water partition coefficient (Wildman–Crippen LogP) is 7.26. The van der Waals surface area contributed by atoms with Crippen molar-refractivity contribution < 1.29 is 14.3 Å². The second-order valence-electron chi connectivity index (χ2n) is 4.23. The van der Waals surface area contributed by atoms with Gasteiger partial charge in [0.2, 0.25) is 12.5 Å². The van der Waals surface area contributed by atoms with E-state index >= 15 is 0 Å². The summed E-state index contributed by atoms with van der Waals surface area (Å²) in [6.07, 6.45) is 0. The number of carboxylic acids is 1.